The Balaban J connectivity index is 2.31. The van der Waals surface area contributed by atoms with Gasteiger partial charge in [-0.05, 0) is 24.6 Å². The topological polar surface area (TPSA) is 143 Å². The number of nitrogens with two attached hydrogens (primary N) is 1. The maximum Gasteiger partial charge on any atom is 0.336 e. The third-order valence-corrected chi connectivity index (χ3v) is 3.05. The number of aliphatic hydroxyl groups excluding tert-OH is 1. The zero-order valence-corrected chi connectivity index (χ0v) is 13.9. The second-order valence-corrected chi connectivity index (χ2v) is 5.02. The summed E-state index contributed by atoms with van der Waals surface area (Å²) in [5.41, 5.74) is 1.37. The van der Waals surface area contributed by atoms with Crippen molar-refractivity contribution in [3.05, 3.63) is 29.8 Å². The number of hydrogen-bond donors (Lipinski definition) is 4. The predicted molar refractivity (Wildman–Crippen MR) is 91.7 cm³/mol. The van der Waals surface area contributed by atoms with E-state index in [2.05, 4.69) is 20.5 Å². The highest BCUT2D eigenvalue weighted by molar-refractivity contribution is 5.93. The van der Waals surface area contributed by atoms with E-state index in [1.54, 1.807) is 31.2 Å². The first kappa shape index (κ1) is 20.1. The van der Waals surface area contributed by atoms with Gasteiger partial charge in [-0.25, -0.2) is 4.79 Å². The van der Waals surface area contributed by atoms with E-state index in [1.807, 2.05) is 0 Å². The van der Waals surface area contributed by atoms with Crippen molar-refractivity contribution in [3.63, 3.8) is 0 Å². The number of benzene rings is 1. The van der Waals surface area contributed by atoms with Gasteiger partial charge in [0.1, 0.15) is 0 Å². The summed E-state index contributed by atoms with van der Waals surface area (Å²) in [5.74, 6) is 3.46. The van der Waals surface area contributed by atoms with Crippen LogP contribution >= 0.6 is 0 Å². The molecule has 2 amide bonds. The first-order chi connectivity index (χ1) is 12.0. The smallest absolute Gasteiger partial charge is 0.336 e. The fourth-order valence-corrected chi connectivity index (χ4v) is 1.81. The Labute approximate surface area is 145 Å². The lowest BCUT2D eigenvalue weighted by molar-refractivity contribution is -0.152. The molecule has 136 valence electrons. The quantitative estimate of drug-likeness (QED) is 0.209. The SMILES string of the molecule is CCOC(=O)C(O)CNC(=O)CCC(=O)Nc1ccc(C=NN)cc1. The van der Waals surface area contributed by atoms with Gasteiger partial charge in [-0.3, -0.25) is 9.59 Å². The maximum atomic E-state index is 11.8. The van der Waals surface area contributed by atoms with E-state index in [4.69, 9.17) is 5.84 Å². The van der Waals surface area contributed by atoms with E-state index >= 15 is 0 Å². The normalized spacial score (nSPS) is 11.8. The Bertz CT molecular complexity index is 615. The molecule has 0 spiro atoms. The number of hydrazone groups is 1. The molecule has 0 saturated carbocycles. The van der Waals surface area contributed by atoms with Crippen LogP contribution in [0.1, 0.15) is 25.3 Å². The molecule has 1 aromatic rings. The van der Waals surface area contributed by atoms with Gasteiger partial charge in [-0.15, -0.1) is 0 Å². The van der Waals surface area contributed by atoms with Crippen LogP contribution in [0.5, 0.6) is 0 Å². The lowest BCUT2D eigenvalue weighted by Gasteiger charge is -2.11. The molecule has 1 rings (SSSR count). The zero-order chi connectivity index (χ0) is 18.7. The fourth-order valence-electron chi connectivity index (χ4n) is 1.81. The molecule has 0 heterocycles. The lowest BCUT2D eigenvalue weighted by atomic mass is 10.2. The van der Waals surface area contributed by atoms with E-state index in [9.17, 15) is 19.5 Å². The molecule has 0 aliphatic rings. The molecule has 0 aliphatic carbocycles. The van der Waals surface area contributed by atoms with Crippen LogP contribution in [0, 0.1) is 0 Å². The molecule has 0 radical (unpaired) electrons. The second-order valence-electron chi connectivity index (χ2n) is 5.02. The predicted octanol–water partition coefficient (Wildman–Crippen LogP) is -0.262. The van der Waals surface area contributed by atoms with Crippen molar-refractivity contribution < 1.29 is 24.2 Å². The van der Waals surface area contributed by atoms with Crippen LogP contribution in [0.2, 0.25) is 0 Å². The second kappa shape index (κ2) is 10.8. The van der Waals surface area contributed by atoms with Crippen LogP contribution in [-0.2, 0) is 19.1 Å². The molecule has 0 saturated heterocycles. The van der Waals surface area contributed by atoms with Crippen molar-refractivity contribution >= 4 is 29.7 Å². The lowest BCUT2D eigenvalue weighted by Crippen LogP contribution is -2.37. The first-order valence-electron chi connectivity index (χ1n) is 7.70. The van der Waals surface area contributed by atoms with Gasteiger partial charge in [0.2, 0.25) is 11.8 Å². The third kappa shape index (κ3) is 7.93. The van der Waals surface area contributed by atoms with Crippen molar-refractivity contribution in [3.8, 4) is 0 Å². The van der Waals surface area contributed by atoms with Crippen LogP contribution in [0.15, 0.2) is 29.4 Å². The number of hydrogen-bond acceptors (Lipinski definition) is 7. The Kier molecular flexibility index (Phi) is 8.66. The Hall–Kier alpha value is -2.94. The van der Waals surface area contributed by atoms with E-state index in [0.717, 1.165) is 5.56 Å². The van der Waals surface area contributed by atoms with E-state index in [0.29, 0.717) is 5.69 Å². The van der Waals surface area contributed by atoms with Crippen LogP contribution in [-0.4, -0.2) is 48.4 Å². The summed E-state index contributed by atoms with van der Waals surface area (Å²) < 4.78 is 4.60. The molecular formula is C16H22N4O5. The number of ether oxygens (including phenoxy) is 1. The van der Waals surface area contributed by atoms with Crippen LogP contribution in [0.4, 0.5) is 5.69 Å². The molecular weight excluding hydrogens is 328 g/mol. The average molecular weight is 350 g/mol. The molecule has 0 fully saturated rings. The number of amides is 2. The number of carbonyl (C=O) groups is 3. The monoisotopic (exact) mass is 350 g/mol. The molecule has 5 N–H and O–H groups in total. The highest BCUT2D eigenvalue weighted by Gasteiger charge is 2.17. The zero-order valence-electron chi connectivity index (χ0n) is 13.9. The average Bonchev–Trinajstić information content (AvgIpc) is 2.60. The summed E-state index contributed by atoms with van der Waals surface area (Å²) in [4.78, 5) is 34.6. The third-order valence-electron chi connectivity index (χ3n) is 3.05. The van der Waals surface area contributed by atoms with Crippen molar-refractivity contribution in [1.82, 2.24) is 5.32 Å². The number of rotatable bonds is 9. The fraction of sp³-hybridized carbons (Fsp3) is 0.375. The van der Waals surface area contributed by atoms with Crippen molar-refractivity contribution in [2.24, 2.45) is 10.9 Å². The van der Waals surface area contributed by atoms with Gasteiger partial charge in [-0.1, -0.05) is 12.1 Å². The Morgan fingerprint density at radius 2 is 1.88 bits per heavy atom. The van der Waals surface area contributed by atoms with Gasteiger partial charge in [0.25, 0.3) is 0 Å². The molecule has 25 heavy (non-hydrogen) atoms. The van der Waals surface area contributed by atoms with Crippen LogP contribution in [0.25, 0.3) is 0 Å². The van der Waals surface area contributed by atoms with E-state index in [1.165, 1.54) is 6.21 Å². The summed E-state index contributed by atoms with van der Waals surface area (Å²) in [6.45, 7) is 1.49. The number of nitrogens with one attached hydrogen (secondary N) is 2. The molecule has 9 nitrogen and oxygen atoms in total. The van der Waals surface area contributed by atoms with Gasteiger partial charge in [0.05, 0.1) is 19.4 Å². The molecule has 0 aromatic heterocycles. The van der Waals surface area contributed by atoms with Gasteiger partial charge in [-0.2, -0.15) is 5.10 Å². The van der Waals surface area contributed by atoms with Gasteiger partial charge < -0.3 is 26.3 Å². The minimum atomic E-state index is -1.42. The van der Waals surface area contributed by atoms with E-state index in [-0.39, 0.29) is 31.9 Å². The first-order valence-corrected chi connectivity index (χ1v) is 7.70. The minimum Gasteiger partial charge on any atom is -0.464 e. The number of anilines is 1. The molecule has 1 atom stereocenters. The molecule has 9 heteroatoms. The summed E-state index contributed by atoms with van der Waals surface area (Å²) >= 11 is 0. The van der Waals surface area contributed by atoms with E-state index < -0.39 is 18.0 Å². The summed E-state index contributed by atoms with van der Waals surface area (Å²) in [6, 6.07) is 6.83. The summed E-state index contributed by atoms with van der Waals surface area (Å²) in [5, 5.41) is 17.9. The van der Waals surface area contributed by atoms with Crippen LogP contribution < -0.4 is 16.5 Å². The molecule has 1 aromatic carbocycles. The van der Waals surface area contributed by atoms with Gasteiger partial charge >= 0.3 is 5.97 Å². The van der Waals surface area contributed by atoms with Gasteiger partial charge in [0, 0.05) is 18.5 Å². The Morgan fingerprint density at radius 1 is 1.24 bits per heavy atom. The Morgan fingerprint density at radius 3 is 2.48 bits per heavy atom. The standard InChI is InChI=1S/C16H22N4O5/c1-2-25-16(24)13(21)10-18-14(22)7-8-15(23)20-12-5-3-11(4-6-12)9-19-17/h3-6,9,13,21H,2,7-8,10,17H2,1H3,(H,18,22)(H,20,23). The van der Waals surface area contributed by atoms with Crippen LogP contribution in [0.3, 0.4) is 0 Å². The molecule has 0 aliphatic heterocycles. The molecule has 1 unspecified atom stereocenters. The van der Waals surface area contributed by atoms with Crippen molar-refractivity contribution in [2.45, 2.75) is 25.9 Å². The number of esters is 1. The largest absolute Gasteiger partial charge is 0.464 e. The number of carbonyl (C=O) groups excluding carboxylic acids is 3. The number of nitrogens with zero attached hydrogens (tertiary/aromatic N) is 1. The highest BCUT2D eigenvalue weighted by atomic mass is 16.5. The van der Waals surface area contributed by atoms with Crippen molar-refractivity contribution in [2.75, 3.05) is 18.5 Å². The number of aliphatic hydroxyl groups is 1. The van der Waals surface area contributed by atoms with Crippen molar-refractivity contribution in [1.29, 1.82) is 0 Å². The highest BCUT2D eigenvalue weighted by Crippen LogP contribution is 2.09. The summed E-state index contributed by atoms with van der Waals surface area (Å²) in [7, 11) is 0. The maximum absolute atomic E-state index is 11.8. The molecule has 0 bridgehead atoms. The van der Waals surface area contributed by atoms with Gasteiger partial charge in [0.15, 0.2) is 6.10 Å². The summed E-state index contributed by atoms with van der Waals surface area (Å²) in [6.07, 6.45) is -0.0545. The minimum absolute atomic E-state index is 0.0344.